The third-order valence-corrected chi connectivity index (χ3v) is 2.67. The lowest BCUT2D eigenvalue weighted by Gasteiger charge is -2.27. The van der Waals surface area contributed by atoms with Crippen molar-refractivity contribution in [2.45, 2.75) is 24.2 Å². The summed E-state index contributed by atoms with van der Waals surface area (Å²) in [5.41, 5.74) is 4.26. The van der Waals surface area contributed by atoms with Crippen molar-refractivity contribution >= 4 is 5.82 Å². The molecule has 0 spiro atoms. The lowest BCUT2D eigenvalue weighted by Crippen LogP contribution is -2.50. The van der Waals surface area contributed by atoms with Crippen LogP contribution in [0.15, 0.2) is 17.1 Å². The lowest BCUT2D eigenvalue weighted by atomic mass is 10.1. The Morgan fingerprint density at radius 2 is 2.33 bits per heavy atom. The Labute approximate surface area is 102 Å². The van der Waals surface area contributed by atoms with Crippen molar-refractivity contribution in [2.75, 3.05) is 12.3 Å². The van der Waals surface area contributed by atoms with Gasteiger partial charge in [-0.1, -0.05) is 0 Å². The van der Waals surface area contributed by atoms with E-state index in [0.29, 0.717) is 4.57 Å². The molecule has 1 aliphatic rings. The van der Waals surface area contributed by atoms with E-state index >= 15 is 0 Å². The molecule has 18 heavy (non-hydrogen) atoms. The Balaban J connectivity index is 2.46. The van der Waals surface area contributed by atoms with Crippen molar-refractivity contribution in [3.63, 3.8) is 0 Å². The van der Waals surface area contributed by atoms with Crippen molar-refractivity contribution in [3.05, 3.63) is 22.7 Å². The van der Waals surface area contributed by atoms with Gasteiger partial charge in [0.05, 0.1) is 7.95 Å². The van der Waals surface area contributed by atoms with Gasteiger partial charge in [0.2, 0.25) is 0 Å². The third kappa shape index (κ3) is 1.78. The van der Waals surface area contributed by atoms with E-state index in [1.54, 1.807) is 0 Å². The molecule has 0 aliphatic carbocycles. The number of rotatable bonds is 2. The average Bonchev–Trinajstić information content (AvgIpc) is 2.54. The molecule has 1 saturated heterocycles. The second-order valence-corrected chi connectivity index (χ2v) is 3.83. The number of aliphatic hydroxyl groups excluding tert-OH is 3. The fourth-order valence-corrected chi connectivity index (χ4v) is 1.72. The molecule has 5 atom stereocenters. The first-order valence-corrected chi connectivity index (χ1v) is 4.99. The van der Waals surface area contributed by atoms with Crippen LogP contribution in [0, 0.1) is 0 Å². The van der Waals surface area contributed by atoms with E-state index in [1.807, 2.05) is 0 Å². The SMILES string of the molecule is [2H]C(O)[C@H]1O[C@@](O)(n2ccc(N)nc2=O)[C@H](O)[C@@H]1O. The Morgan fingerprint density at radius 1 is 1.67 bits per heavy atom. The molecule has 6 N–H and O–H groups in total. The molecule has 0 amide bonds. The summed E-state index contributed by atoms with van der Waals surface area (Å²) in [5, 5.41) is 38.6. The second-order valence-electron chi connectivity index (χ2n) is 3.83. The molecule has 0 radical (unpaired) electrons. The molecule has 1 aliphatic heterocycles. The molecule has 1 fully saturated rings. The summed E-state index contributed by atoms with van der Waals surface area (Å²) in [4.78, 5) is 14.9. The van der Waals surface area contributed by atoms with Gasteiger partial charge in [0, 0.05) is 6.20 Å². The van der Waals surface area contributed by atoms with Crippen LogP contribution in [-0.4, -0.2) is 54.9 Å². The zero-order chi connectivity index (χ0) is 14.4. The van der Waals surface area contributed by atoms with Crippen molar-refractivity contribution < 1.29 is 26.5 Å². The first-order valence-electron chi connectivity index (χ1n) is 5.57. The molecular formula is C9H13N3O6. The van der Waals surface area contributed by atoms with Crippen LogP contribution < -0.4 is 11.4 Å². The zero-order valence-electron chi connectivity index (χ0n) is 10.0. The Bertz CT molecular complexity index is 537. The van der Waals surface area contributed by atoms with E-state index in [0.717, 1.165) is 6.20 Å². The van der Waals surface area contributed by atoms with Crippen LogP contribution in [-0.2, 0) is 10.6 Å². The van der Waals surface area contributed by atoms with Gasteiger partial charge in [-0.2, -0.15) is 4.98 Å². The molecular weight excluding hydrogens is 246 g/mol. The average molecular weight is 260 g/mol. The molecule has 0 aromatic carbocycles. The normalized spacial score (nSPS) is 38.4. The molecule has 0 bridgehead atoms. The van der Waals surface area contributed by atoms with E-state index in [2.05, 4.69) is 4.98 Å². The first-order chi connectivity index (χ1) is 8.77. The number of hydrogen-bond donors (Lipinski definition) is 5. The first kappa shape index (κ1) is 11.6. The number of aliphatic hydroxyl groups is 4. The monoisotopic (exact) mass is 260 g/mol. The quantitative estimate of drug-likeness (QED) is 0.368. The van der Waals surface area contributed by atoms with Gasteiger partial charge in [0.1, 0.15) is 18.0 Å². The fraction of sp³-hybridized carbons (Fsp3) is 0.556. The van der Waals surface area contributed by atoms with Gasteiger partial charge >= 0.3 is 5.69 Å². The zero-order valence-corrected chi connectivity index (χ0v) is 9.04. The molecule has 1 unspecified atom stereocenters. The molecule has 0 saturated carbocycles. The number of ether oxygens (including phenoxy) is 1. The fourth-order valence-electron chi connectivity index (χ4n) is 1.72. The number of nitrogens with zero attached hydrogens (tertiary/aromatic N) is 2. The van der Waals surface area contributed by atoms with Crippen molar-refractivity contribution in [1.82, 2.24) is 9.55 Å². The van der Waals surface area contributed by atoms with Crippen molar-refractivity contribution in [2.24, 2.45) is 0 Å². The predicted octanol–water partition coefficient (Wildman–Crippen LogP) is -3.46. The number of nitrogen functional groups attached to an aromatic ring is 1. The molecule has 9 heteroatoms. The molecule has 100 valence electrons. The highest BCUT2D eigenvalue weighted by molar-refractivity contribution is 5.23. The number of hydrogen-bond acceptors (Lipinski definition) is 8. The maximum absolute atomic E-state index is 11.6. The maximum atomic E-state index is 11.6. The van der Waals surface area contributed by atoms with Gasteiger partial charge in [-0.05, 0) is 6.07 Å². The lowest BCUT2D eigenvalue weighted by molar-refractivity contribution is -0.291. The summed E-state index contributed by atoms with van der Waals surface area (Å²) >= 11 is 0. The largest absolute Gasteiger partial charge is 0.394 e. The molecule has 2 rings (SSSR count). The van der Waals surface area contributed by atoms with Crippen LogP contribution in [0.4, 0.5) is 5.82 Å². The van der Waals surface area contributed by atoms with Crippen molar-refractivity contribution in [1.29, 1.82) is 0 Å². The predicted molar refractivity (Wildman–Crippen MR) is 57.1 cm³/mol. The van der Waals surface area contributed by atoms with E-state index in [9.17, 15) is 20.1 Å². The topological polar surface area (TPSA) is 151 Å². The third-order valence-electron chi connectivity index (χ3n) is 2.67. The number of anilines is 1. The maximum Gasteiger partial charge on any atom is 0.353 e. The van der Waals surface area contributed by atoms with E-state index in [1.165, 1.54) is 6.07 Å². The van der Waals surface area contributed by atoms with Gasteiger partial charge in [0.15, 0.2) is 6.10 Å². The highest BCUT2D eigenvalue weighted by Gasteiger charge is 2.55. The van der Waals surface area contributed by atoms with Crippen LogP contribution in [0.3, 0.4) is 0 Å². The molecule has 1 aromatic rings. The summed E-state index contributed by atoms with van der Waals surface area (Å²) in [5.74, 6) is -2.74. The smallest absolute Gasteiger partial charge is 0.353 e. The Morgan fingerprint density at radius 3 is 2.83 bits per heavy atom. The van der Waals surface area contributed by atoms with Gasteiger partial charge in [-0.15, -0.1) is 0 Å². The van der Waals surface area contributed by atoms with Crippen LogP contribution in [0.25, 0.3) is 0 Å². The summed E-state index contributed by atoms with van der Waals surface area (Å²) in [6, 6.07) is 1.17. The van der Waals surface area contributed by atoms with Gasteiger partial charge < -0.3 is 30.9 Å². The Kier molecular flexibility index (Phi) is 2.76. The molecule has 2 heterocycles. The molecule has 9 nitrogen and oxygen atoms in total. The second kappa shape index (κ2) is 4.30. The minimum absolute atomic E-state index is 0.102. The minimum atomic E-state index is -2.64. The summed E-state index contributed by atoms with van der Waals surface area (Å²) < 4.78 is 12.4. The number of aromatic nitrogens is 2. The summed E-state index contributed by atoms with van der Waals surface area (Å²) in [6.07, 6.45) is -4.26. The van der Waals surface area contributed by atoms with Crippen LogP contribution in [0.5, 0.6) is 0 Å². The highest BCUT2D eigenvalue weighted by Crippen LogP contribution is 2.32. The van der Waals surface area contributed by atoms with E-state index in [4.69, 9.17) is 16.9 Å². The van der Waals surface area contributed by atoms with E-state index < -0.39 is 36.5 Å². The van der Waals surface area contributed by atoms with Crippen LogP contribution >= 0.6 is 0 Å². The summed E-state index contributed by atoms with van der Waals surface area (Å²) in [7, 11) is 0. The van der Waals surface area contributed by atoms with Gasteiger partial charge in [-0.3, -0.25) is 0 Å². The van der Waals surface area contributed by atoms with Gasteiger partial charge in [-0.25, -0.2) is 9.36 Å². The number of nitrogens with two attached hydrogens (primary N) is 1. The standard InChI is InChI=1S/C9H13N3O6/c10-5-1-2-12(8(16)11-5)9(17)7(15)6(14)4(3-13)18-9/h1-2,4,6-7,13-15,17H,3H2,(H2,10,11,16)/t4-,6-,7-,9-/m1/s1/i3D/t3?,4-,6-,7-,9-. The minimum Gasteiger partial charge on any atom is -0.394 e. The van der Waals surface area contributed by atoms with Gasteiger partial charge in [0.25, 0.3) is 5.91 Å². The Hall–Kier alpha value is -1.52. The van der Waals surface area contributed by atoms with Crippen LogP contribution in [0.1, 0.15) is 1.37 Å². The summed E-state index contributed by atoms with van der Waals surface area (Å²) in [6.45, 7) is -1.91. The highest BCUT2D eigenvalue weighted by atomic mass is 16.7. The van der Waals surface area contributed by atoms with Crippen LogP contribution in [0.2, 0.25) is 0 Å². The van der Waals surface area contributed by atoms with Crippen molar-refractivity contribution in [3.8, 4) is 0 Å². The van der Waals surface area contributed by atoms with E-state index in [-0.39, 0.29) is 5.82 Å². The molecule has 1 aromatic heterocycles.